The fourth-order valence-corrected chi connectivity index (χ4v) is 0.891. The van der Waals surface area contributed by atoms with Gasteiger partial charge in [0.2, 0.25) is 5.91 Å². The molecule has 1 aromatic heterocycles. The quantitative estimate of drug-likeness (QED) is 0.626. The maximum atomic E-state index is 10.3. The summed E-state index contributed by atoms with van der Waals surface area (Å²) in [4.78, 5) is 14.4. The van der Waals surface area contributed by atoms with E-state index in [4.69, 9.17) is 10.5 Å². The van der Waals surface area contributed by atoms with Crippen molar-refractivity contribution >= 4 is 11.7 Å². The minimum Gasteiger partial charge on any atom is -0.370 e. The highest BCUT2D eigenvalue weighted by atomic mass is 16.5. The van der Waals surface area contributed by atoms with Gasteiger partial charge in [-0.15, -0.1) is 0 Å². The standard InChI is InChI=1S/C9H13N3O2/c10-8(13)7-14-6-5-12-9-3-1-2-4-11-9/h1-4H,5-7H2,(H2,10,13)(H,11,12). The molecule has 1 rings (SSSR count). The van der Waals surface area contributed by atoms with Crippen LogP contribution in [0.2, 0.25) is 0 Å². The second-order valence-electron chi connectivity index (χ2n) is 2.66. The molecule has 76 valence electrons. The molecule has 0 aliphatic rings. The van der Waals surface area contributed by atoms with Crippen LogP contribution >= 0.6 is 0 Å². The summed E-state index contributed by atoms with van der Waals surface area (Å²) in [5, 5.41) is 3.03. The number of primary amides is 1. The Morgan fingerprint density at radius 1 is 1.57 bits per heavy atom. The Kier molecular flexibility index (Phi) is 4.43. The number of hydrogen-bond donors (Lipinski definition) is 2. The summed E-state index contributed by atoms with van der Waals surface area (Å²) in [6, 6.07) is 5.59. The first-order valence-electron chi connectivity index (χ1n) is 4.30. The van der Waals surface area contributed by atoms with Crippen LogP contribution in [0.3, 0.4) is 0 Å². The van der Waals surface area contributed by atoms with E-state index in [1.807, 2.05) is 18.2 Å². The Balaban J connectivity index is 2.08. The summed E-state index contributed by atoms with van der Waals surface area (Å²) in [6.45, 7) is 0.994. The molecule has 1 amide bonds. The van der Waals surface area contributed by atoms with Crippen molar-refractivity contribution in [3.8, 4) is 0 Å². The number of hydrogen-bond acceptors (Lipinski definition) is 4. The van der Waals surface area contributed by atoms with Crippen LogP contribution in [-0.2, 0) is 9.53 Å². The zero-order valence-corrected chi connectivity index (χ0v) is 7.77. The minimum absolute atomic E-state index is 0.0378. The van der Waals surface area contributed by atoms with Crippen LogP contribution in [0.1, 0.15) is 0 Å². The maximum absolute atomic E-state index is 10.3. The molecule has 0 spiro atoms. The van der Waals surface area contributed by atoms with E-state index in [0.29, 0.717) is 13.2 Å². The van der Waals surface area contributed by atoms with Gasteiger partial charge in [-0.25, -0.2) is 4.98 Å². The Labute approximate surface area is 82.3 Å². The number of carbonyl (C=O) groups excluding carboxylic acids is 1. The highest BCUT2D eigenvalue weighted by molar-refractivity contribution is 5.74. The first-order chi connectivity index (χ1) is 6.79. The number of nitrogens with two attached hydrogens (primary N) is 1. The normalized spacial score (nSPS) is 9.71. The molecule has 1 aromatic rings. The lowest BCUT2D eigenvalue weighted by Crippen LogP contribution is -2.20. The molecule has 1 heterocycles. The third-order valence-electron chi connectivity index (χ3n) is 1.46. The first-order valence-corrected chi connectivity index (χ1v) is 4.30. The number of nitrogens with one attached hydrogen (secondary N) is 1. The van der Waals surface area contributed by atoms with Gasteiger partial charge in [-0.1, -0.05) is 6.07 Å². The van der Waals surface area contributed by atoms with Gasteiger partial charge < -0.3 is 15.8 Å². The SMILES string of the molecule is NC(=O)COCCNc1ccccn1. The summed E-state index contributed by atoms with van der Waals surface area (Å²) in [5.74, 6) is 0.331. The Morgan fingerprint density at radius 3 is 3.07 bits per heavy atom. The van der Waals surface area contributed by atoms with Crippen molar-refractivity contribution < 1.29 is 9.53 Å². The monoisotopic (exact) mass is 195 g/mol. The van der Waals surface area contributed by atoms with Crippen LogP contribution < -0.4 is 11.1 Å². The van der Waals surface area contributed by atoms with Crippen molar-refractivity contribution in [2.24, 2.45) is 5.73 Å². The number of anilines is 1. The van der Waals surface area contributed by atoms with E-state index in [-0.39, 0.29) is 6.61 Å². The number of pyridine rings is 1. The zero-order chi connectivity index (χ0) is 10.2. The van der Waals surface area contributed by atoms with Crippen molar-refractivity contribution in [3.63, 3.8) is 0 Å². The van der Waals surface area contributed by atoms with Crippen LogP contribution in [0, 0.1) is 0 Å². The third-order valence-corrected chi connectivity index (χ3v) is 1.46. The molecule has 0 saturated heterocycles. The molecule has 0 radical (unpaired) electrons. The van der Waals surface area contributed by atoms with Crippen molar-refractivity contribution in [2.45, 2.75) is 0 Å². The molecule has 0 unspecified atom stereocenters. The fourth-order valence-electron chi connectivity index (χ4n) is 0.891. The number of ether oxygens (including phenoxy) is 1. The highest BCUT2D eigenvalue weighted by Gasteiger charge is 1.94. The van der Waals surface area contributed by atoms with E-state index in [1.54, 1.807) is 6.20 Å². The average Bonchev–Trinajstić information content (AvgIpc) is 2.18. The van der Waals surface area contributed by atoms with E-state index in [1.165, 1.54) is 0 Å². The van der Waals surface area contributed by atoms with Crippen LogP contribution in [0.25, 0.3) is 0 Å². The molecule has 0 aliphatic carbocycles. The summed E-state index contributed by atoms with van der Waals surface area (Å²) in [7, 11) is 0. The average molecular weight is 195 g/mol. The summed E-state index contributed by atoms with van der Waals surface area (Å²) in [6.07, 6.45) is 1.70. The van der Waals surface area contributed by atoms with Crippen LogP contribution in [0.15, 0.2) is 24.4 Å². The third kappa shape index (κ3) is 4.42. The molecule has 5 heteroatoms. The van der Waals surface area contributed by atoms with Crippen LogP contribution in [-0.4, -0.2) is 30.6 Å². The van der Waals surface area contributed by atoms with E-state index in [2.05, 4.69) is 10.3 Å². The Hall–Kier alpha value is -1.62. The van der Waals surface area contributed by atoms with Gasteiger partial charge in [0.25, 0.3) is 0 Å². The second-order valence-corrected chi connectivity index (χ2v) is 2.66. The number of carbonyl (C=O) groups is 1. The van der Waals surface area contributed by atoms with Crippen molar-refractivity contribution in [2.75, 3.05) is 25.1 Å². The molecule has 3 N–H and O–H groups in total. The zero-order valence-electron chi connectivity index (χ0n) is 7.77. The topological polar surface area (TPSA) is 77.2 Å². The van der Waals surface area contributed by atoms with Crippen molar-refractivity contribution in [1.29, 1.82) is 0 Å². The molecular formula is C9H13N3O2. The van der Waals surface area contributed by atoms with Gasteiger partial charge in [0.1, 0.15) is 12.4 Å². The highest BCUT2D eigenvalue weighted by Crippen LogP contribution is 1.97. The summed E-state index contributed by atoms with van der Waals surface area (Å²) >= 11 is 0. The van der Waals surface area contributed by atoms with E-state index in [9.17, 15) is 4.79 Å². The molecule has 5 nitrogen and oxygen atoms in total. The van der Waals surface area contributed by atoms with Gasteiger partial charge >= 0.3 is 0 Å². The van der Waals surface area contributed by atoms with Crippen LogP contribution in [0.4, 0.5) is 5.82 Å². The van der Waals surface area contributed by atoms with E-state index >= 15 is 0 Å². The predicted octanol–water partition coefficient (Wildman–Crippen LogP) is -0.00460. The molecule has 14 heavy (non-hydrogen) atoms. The first kappa shape index (κ1) is 10.5. The van der Waals surface area contributed by atoms with Crippen molar-refractivity contribution in [3.05, 3.63) is 24.4 Å². The lowest BCUT2D eigenvalue weighted by Gasteiger charge is -2.04. The molecule has 0 aromatic carbocycles. The van der Waals surface area contributed by atoms with Gasteiger partial charge in [0, 0.05) is 12.7 Å². The number of aromatic nitrogens is 1. The largest absolute Gasteiger partial charge is 0.370 e. The van der Waals surface area contributed by atoms with Gasteiger partial charge in [-0.05, 0) is 12.1 Å². The lowest BCUT2D eigenvalue weighted by molar-refractivity contribution is -0.122. The van der Waals surface area contributed by atoms with Gasteiger partial charge in [0.15, 0.2) is 0 Å². The van der Waals surface area contributed by atoms with Gasteiger partial charge in [0.05, 0.1) is 6.61 Å². The smallest absolute Gasteiger partial charge is 0.243 e. The molecule has 0 atom stereocenters. The summed E-state index contributed by atoms with van der Waals surface area (Å²) < 4.78 is 4.95. The van der Waals surface area contributed by atoms with E-state index < -0.39 is 5.91 Å². The lowest BCUT2D eigenvalue weighted by atomic mass is 10.4. The van der Waals surface area contributed by atoms with Gasteiger partial charge in [-0.2, -0.15) is 0 Å². The number of rotatable bonds is 6. The maximum Gasteiger partial charge on any atom is 0.243 e. The predicted molar refractivity (Wildman–Crippen MR) is 52.7 cm³/mol. The van der Waals surface area contributed by atoms with Gasteiger partial charge in [-0.3, -0.25) is 4.79 Å². The van der Waals surface area contributed by atoms with Crippen LogP contribution in [0.5, 0.6) is 0 Å². The molecular weight excluding hydrogens is 182 g/mol. The minimum atomic E-state index is -0.456. The molecule has 0 bridgehead atoms. The number of nitrogens with zero attached hydrogens (tertiary/aromatic N) is 1. The second kappa shape index (κ2) is 5.93. The molecule has 0 saturated carbocycles. The Morgan fingerprint density at radius 2 is 2.43 bits per heavy atom. The van der Waals surface area contributed by atoms with Crippen molar-refractivity contribution in [1.82, 2.24) is 4.98 Å². The van der Waals surface area contributed by atoms with E-state index in [0.717, 1.165) is 5.82 Å². The summed E-state index contributed by atoms with van der Waals surface area (Å²) in [5.41, 5.74) is 4.89. The fraction of sp³-hybridized carbons (Fsp3) is 0.333. The molecule has 0 aliphatic heterocycles. The number of amides is 1. The Bertz CT molecular complexity index is 277. The molecule has 0 fully saturated rings.